The molecule has 130 valence electrons. The smallest absolute Gasteiger partial charge is 0.228 e. The van der Waals surface area contributed by atoms with Gasteiger partial charge < -0.3 is 19.9 Å². The van der Waals surface area contributed by atoms with E-state index in [1.165, 1.54) is 0 Å². The van der Waals surface area contributed by atoms with Crippen molar-refractivity contribution in [2.75, 3.05) is 45.2 Å². The zero-order valence-electron chi connectivity index (χ0n) is 14.3. The van der Waals surface area contributed by atoms with E-state index in [1.54, 1.807) is 13.2 Å². The monoisotopic (exact) mass is 331 g/mol. The van der Waals surface area contributed by atoms with Crippen LogP contribution in [0.15, 0.2) is 24.3 Å². The van der Waals surface area contributed by atoms with Gasteiger partial charge in [-0.15, -0.1) is 0 Å². The number of carbonyl (C=O) groups excluding carboxylic acids is 2. The van der Waals surface area contributed by atoms with Gasteiger partial charge in [0.1, 0.15) is 5.75 Å². The van der Waals surface area contributed by atoms with Crippen LogP contribution in [0.3, 0.4) is 0 Å². The zero-order chi connectivity index (χ0) is 17.1. The molecule has 2 amide bonds. The van der Waals surface area contributed by atoms with E-state index in [9.17, 15) is 9.59 Å². The summed E-state index contributed by atoms with van der Waals surface area (Å²) in [7, 11) is 1.59. The molecule has 0 bridgehead atoms. The maximum atomic E-state index is 12.5. The Labute approximate surface area is 142 Å². The fourth-order valence-electron chi connectivity index (χ4n) is 3.21. The number of amides is 2. The molecule has 1 heterocycles. The highest BCUT2D eigenvalue weighted by molar-refractivity contribution is 5.99. The first-order valence-electron chi connectivity index (χ1n) is 8.58. The molecular formula is C18H25N3O3. The number of methoxy groups -OCH3 is 1. The van der Waals surface area contributed by atoms with Gasteiger partial charge in [0.2, 0.25) is 11.8 Å². The van der Waals surface area contributed by atoms with Crippen molar-refractivity contribution in [3.63, 3.8) is 0 Å². The Balaban J connectivity index is 1.51. The summed E-state index contributed by atoms with van der Waals surface area (Å²) < 4.78 is 5.15. The molecule has 1 N–H and O–H groups in total. The number of hydrogen-bond acceptors (Lipinski definition) is 4. The summed E-state index contributed by atoms with van der Waals surface area (Å²) in [6.45, 7) is 6.56. The molecule has 0 spiro atoms. The summed E-state index contributed by atoms with van der Waals surface area (Å²) >= 11 is 0. The van der Waals surface area contributed by atoms with Crippen molar-refractivity contribution < 1.29 is 14.3 Å². The van der Waals surface area contributed by atoms with E-state index in [2.05, 4.69) is 17.1 Å². The number of likely N-dealkylation sites (N-methyl/N-ethyl adjacent to an activating group) is 1. The van der Waals surface area contributed by atoms with Gasteiger partial charge >= 0.3 is 0 Å². The highest BCUT2D eigenvalue weighted by atomic mass is 16.5. The largest absolute Gasteiger partial charge is 0.497 e. The van der Waals surface area contributed by atoms with Gasteiger partial charge in [-0.3, -0.25) is 9.59 Å². The molecule has 1 saturated carbocycles. The van der Waals surface area contributed by atoms with Crippen LogP contribution >= 0.6 is 0 Å². The first-order chi connectivity index (χ1) is 11.6. The third kappa shape index (κ3) is 3.70. The molecule has 1 aliphatic heterocycles. The molecule has 0 radical (unpaired) electrons. The summed E-state index contributed by atoms with van der Waals surface area (Å²) in [6.07, 6.45) is 0.655. The van der Waals surface area contributed by atoms with Gasteiger partial charge in [-0.1, -0.05) is 13.0 Å². The Hall–Kier alpha value is -2.08. The number of benzene rings is 1. The lowest BCUT2D eigenvalue weighted by atomic mass is 10.2. The van der Waals surface area contributed by atoms with Crippen LogP contribution in [0.25, 0.3) is 0 Å². The number of nitrogens with zero attached hydrogens (tertiary/aromatic N) is 2. The van der Waals surface area contributed by atoms with E-state index >= 15 is 0 Å². The Kier molecular flexibility index (Phi) is 5.04. The number of ether oxygens (including phenoxy) is 1. The molecule has 3 rings (SSSR count). The SMILES string of the molecule is CCN1CCN(C(=O)C2CC2C(=O)Nc2cccc(OC)c2)CC1. The Bertz CT molecular complexity index is 611. The van der Waals surface area contributed by atoms with E-state index in [0.29, 0.717) is 17.9 Å². The molecule has 6 heteroatoms. The first-order valence-corrected chi connectivity index (χ1v) is 8.58. The fourth-order valence-corrected chi connectivity index (χ4v) is 3.21. The van der Waals surface area contributed by atoms with Crippen molar-refractivity contribution in [1.82, 2.24) is 9.80 Å². The van der Waals surface area contributed by atoms with Crippen LogP contribution in [0.5, 0.6) is 5.75 Å². The normalized spacial score (nSPS) is 23.7. The molecule has 6 nitrogen and oxygen atoms in total. The topological polar surface area (TPSA) is 61.9 Å². The second-order valence-corrected chi connectivity index (χ2v) is 6.43. The Morgan fingerprint density at radius 2 is 1.96 bits per heavy atom. The summed E-state index contributed by atoms with van der Waals surface area (Å²) in [5.41, 5.74) is 0.703. The second-order valence-electron chi connectivity index (χ2n) is 6.43. The van der Waals surface area contributed by atoms with E-state index in [4.69, 9.17) is 4.74 Å². The van der Waals surface area contributed by atoms with Crippen LogP contribution in [0.4, 0.5) is 5.69 Å². The molecule has 0 aromatic heterocycles. The minimum atomic E-state index is -0.201. The van der Waals surface area contributed by atoms with Gasteiger partial charge in [0.15, 0.2) is 0 Å². The maximum Gasteiger partial charge on any atom is 0.228 e. The predicted molar refractivity (Wildman–Crippen MR) is 91.9 cm³/mol. The van der Waals surface area contributed by atoms with Gasteiger partial charge in [0.05, 0.1) is 18.9 Å². The molecule has 1 saturated heterocycles. The lowest BCUT2D eigenvalue weighted by Gasteiger charge is -2.34. The predicted octanol–water partition coefficient (Wildman–Crippen LogP) is 1.43. The minimum Gasteiger partial charge on any atom is -0.497 e. The van der Waals surface area contributed by atoms with Gasteiger partial charge in [-0.2, -0.15) is 0 Å². The Morgan fingerprint density at radius 1 is 1.21 bits per heavy atom. The molecule has 24 heavy (non-hydrogen) atoms. The third-order valence-corrected chi connectivity index (χ3v) is 4.91. The number of anilines is 1. The lowest BCUT2D eigenvalue weighted by Crippen LogP contribution is -2.49. The average Bonchev–Trinajstić information content (AvgIpc) is 3.42. The summed E-state index contributed by atoms with van der Waals surface area (Å²) in [6, 6.07) is 7.26. The van der Waals surface area contributed by atoms with Crippen LogP contribution in [0.2, 0.25) is 0 Å². The highest BCUT2D eigenvalue weighted by Crippen LogP contribution is 2.41. The average molecular weight is 331 g/mol. The molecule has 2 aliphatic rings. The standard InChI is InChI=1S/C18H25N3O3/c1-3-20-7-9-21(10-8-20)18(23)16-12-15(16)17(22)19-13-5-4-6-14(11-13)24-2/h4-6,11,15-16H,3,7-10,12H2,1-2H3,(H,19,22). The van der Waals surface area contributed by atoms with Crippen molar-refractivity contribution >= 4 is 17.5 Å². The van der Waals surface area contributed by atoms with E-state index < -0.39 is 0 Å². The molecule has 2 atom stereocenters. The molecule has 2 unspecified atom stereocenters. The third-order valence-electron chi connectivity index (χ3n) is 4.91. The number of rotatable bonds is 5. The summed E-state index contributed by atoms with van der Waals surface area (Å²) in [5, 5.41) is 2.88. The molecule has 2 fully saturated rings. The quantitative estimate of drug-likeness (QED) is 0.887. The van der Waals surface area contributed by atoms with E-state index in [0.717, 1.165) is 32.7 Å². The van der Waals surface area contributed by atoms with Gasteiger partial charge in [-0.05, 0) is 25.1 Å². The number of piperazine rings is 1. The maximum absolute atomic E-state index is 12.5. The van der Waals surface area contributed by atoms with Crippen LogP contribution in [0.1, 0.15) is 13.3 Å². The highest BCUT2D eigenvalue weighted by Gasteiger charge is 2.49. The number of hydrogen-bond donors (Lipinski definition) is 1. The van der Waals surface area contributed by atoms with Crippen LogP contribution < -0.4 is 10.1 Å². The fraction of sp³-hybridized carbons (Fsp3) is 0.556. The summed E-state index contributed by atoms with van der Waals surface area (Å²) in [5.74, 6) is 0.409. The van der Waals surface area contributed by atoms with Crippen molar-refractivity contribution in [2.45, 2.75) is 13.3 Å². The minimum absolute atomic E-state index is 0.0752. The molecule has 1 aromatic rings. The molecule has 1 aromatic carbocycles. The van der Waals surface area contributed by atoms with Crippen molar-refractivity contribution in [1.29, 1.82) is 0 Å². The van der Waals surface area contributed by atoms with Crippen LogP contribution in [-0.2, 0) is 9.59 Å². The lowest BCUT2D eigenvalue weighted by molar-refractivity contribution is -0.135. The molecule has 1 aliphatic carbocycles. The Morgan fingerprint density at radius 3 is 2.62 bits per heavy atom. The molecular weight excluding hydrogens is 306 g/mol. The van der Waals surface area contributed by atoms with Crippen molar-refractivity contribution in [3.8, 4) is 5.75 Å². The summed E-state index contributed by atoms with van der Waals surface area (Å²) in [4.78, 5) is 29.1. The van der Waals surface area contributed by atoms with Crippen LogP contribution in [-0.4, -0.2) is 61.4 Å². The number of nitrogens with one attached hydrogen (secondary N) is 1. The zero-order valence-corrected chi connectivity index (χ0v) is 14.3. The van der Waals surface area contributed by atoms with Gasteiger partial charge in [-0.25, -0.2) is 0 Å². The van der Waals surface area contributed by atoms with Gasteiger partial charge in [0.25, 0.3) is 0 Å². The first kappa shape index (κ1) is 16.8. The van der Waals surface area contributed by atoms with E-state index in [-0.39, 0.29) is 23.7 Å². The van der Waals surface area contributed by atoms with Crippen molar-refractivity contribution in [2.24, 2.45) is 11.8 Å². The van der Waals surface area contributed by atoms with Crippen molar-refractivity contribution in [3.05, 3.63) is 24.3 Å². The number of carbonyl (C=O) groups is 2. The van der Waals surface area contributed by atoms with Crippen LogP contribution in [0, 0.1) is 11.8 Å². The van der Waals surface area contributed by atoms with E-state index in [1.807, 2.05) is 23.1 Å². The second kappa shape index (κ2) is 7.21. The van der Waals surface area contributed by atoms with Gasteiger partial charge in [0, 0.05) is 37.9 Å².